The minimum atomic E-state index is -0.305. The molecule has 1 aliphatic rings. The smallest absolute Gasteiger partial charge is 0.276 e. The van der Waals surface area contributed by atoms with Gasteiger partial charge in [0.15, 0.2) is 5.69 Å². The van der Waals surface area contributed by atoms with Crippen LogP contribution in [-0.4, -0.2) is 46.5 Å². The second kappa shape index (κ2) is 8.82. The molecule has 7 nitrogen and oxygen atoms in total. The molecule has 0 fully saturated rings. The fourth-order valence-electron chi connectivity index (χ4n) is 3.05. The van der Waals surface area contributed by atoms with Gasteiger partial charge in [0.1, 0.15) is 0 Å². The number of benzene rings is 1. The number of amides is 2. The van der Waals surface area contributed by atoms with E-state index in [1.54, 1.807) is 29.2 Å². The topological polar surface area (TPSA) is 90.1 Å². The van der Waals surface area contributed by atoms with E-state index in [-0.39, 0.29) is 24.2 Å². The molecule has 1 aromatic heterocycles. The molecule has 0 atom stereocenters. The Kier molecular flexibility index (Phi) is 6.76. The van der Waals surface area contributed by atoms with E-state index in [1.807, 2.05) is 13.8 Å². The summed E-state index contributed by atoms with van der Waals surface area (Å²) in [5.74, 6) is -0.396. The van der Waals surface area contributed by atoms with Crippen LogP contribution < -0.4 is 10.6 Å². The van der Waals surface area contributed by atoms with Crippen LogP contribution in [0.3, 0.4) is 0 Å². The standard InChI is InChI=1S/C18H23N5O2.ClH/c1-3-23(4-2)18(25)12-7-5-6-8-14(12)20-17(24)16-13-11-19-10-9-15(13)21-22-16;/h5-8,19H,3-4,9-11H2,1-2H3,(H,20,24)(H,21,22);1H. The van der Waals surface area contributed by atoms with E-state index in [0.29, 0.717) is 36.6 Å². The van der Waals surface area contributed by atoms with Crippen LogP contribution in [-0.2, 0) is 13.0 Å². The van der Waals surface area contributed by atoms with Gasteiger partial charge in [-0.15, -0.1) is 12.4 Å². The fraction of sp³-hybridized carbons (Fsp3) is 0.389. The highest BCUT2D eigenvalue weighted by molar-refractivity contribution is 6.08. The second-order valence-electron chi connectivity index (χ2n) is 5.93. The normalized spacial score (nSPS) is 12.7. The highest BCUT2D eigenvalue weighted by atomic mass is 35.5. The van der Waals surface area contributed by atoms with Crippen molar-refractivity contribution in [3.05, 3.63) is 46.8 Å². The lowest BCUT2D eigenvalue weighted by Crippen LogP contribution is -2.31. The maximum absolute atomic E-state index is 12.7. The van der Waals surface area contributed by atoms with Crippen molar-refractivity contribution in [2.75, 3.05) is 25.0 Å². The monoisotopic (exact) mass is 377 g/mol. The molecule has 2 aromatic rings. The molecular weight excluding hydrogens is 354 g/mol. The molecule has 3 rings (SSSR count). The summed E-state index contributed by atoms with van der Waals surface area (Å²) in [4.78, 5) is 27.1. The van der Waals surface area contributed by atoms with Gasteiger partial charge in [0, 0.05) is 43.9 Å². The Balaban J connectivity index is 0.00000243. The lowest BCUT2D eigenvalue weighted by Gasteiger charge is -2.20. The van der Waals surface area contributed by atoms with Crippen LogP contribution in [0, 0.1) is 0 Å². The van der Waals surface area contributed by atoms with Crippen LogP contribution in [0.1, 0.15) is 46.0 Å². The summed E-state index contributed by atoms with van der Waals surface area (Å²) in [6.45, 7) is 6.61. The van der Waals surface area contributed by atoms with Gasteiger partial charge in [-0.1, -0.05) is 12.1 Å². The highest BCUT2D eigenvalue weighted by Gasteiger charge is 2.23. The van der Waals surface area contributed by atoms with Crippen molar-refractivity contribution in [1.82, 2.24) is 20.4 Å². The number of hydrogen-bond donors (Lipinski definition) is 3. The molecule has 0 radical (unpaired) electrons. The maximum Gasteiger partial charge on any atom is 0.276 e. The molecular formula is C18H24ClN5O2. The van der Waals surface area contributed by atoms with Crippen LogP contribution in [0.25, 0.3) is 0 Å². The van der Waals surface area contributed by atoms with Crippen molar-refractivity contribution in [3.8, 4) is 0 Å². The molecule has 0 saturated carbocycles. The average molecular weight is 378 g/mol. The third-order valence-electron chi connectivity index (χ3n) is 4.48. The van der Waals surface area contributed by atoms with Gasteiger partial charge >= 0.3 is 0 Å². The van der Waals surface area contributed by atoms with Gasteiger partial charge in [-0.25, -0.2) is 0 Å². The van der Waals surface area contributed by atoms with E-state index in [0.717, 1.165) is 24.2 Å². The van der Waals surface area contributed by atoms with Crippen molar-refractivity contribution >= 4 is 29.9 Å². The SMILES string of the molecule is CCN(CC)C(=O)c1ccccc1NC(=O)c1n[nH]c2c1CNCC2.Cl. The first-order chi connectivity index (χ1) is 12.2. The number of hydrogen-bond acceptors (Lipinski definition) is 4. The zero-order valence-corrected chi connectivity index (χ0v) is 15.8. The number of para-hydroxylation sites is 1. The van der Waals surface area contributed by atoms with Crippen molar-refractivity contribution in [3.63, 3.8) is 0 Å². The number of H-pyrrole nitrogens is 1. The second-order valence-corrected chi connectivity index (χ2v) is 5.93. The zero-order chi connectivity index (χ0) is 17.8. The highest BCUT2D eigenvalue weighted by Crippen LogP contribution is 2.20. The van der Waals surface area contributed by atoms with Crippen molar-refractivity contribution in [1.29, 1.82) is 0 Å². The number of halogens is 1. The summed E-state index contributed by atoms with van der Waals surface area (Å²) in [5.41, 5.74) is 3.27. The third kappa shape index (κ3) is 3.89. The number of aromatic nitrogens is 2. The zero-order valence-electron chi connectivity index (χ0n) is 15.0. The van der Waals surface area contributed by atoms with Crippen LogP contribution >= 0.6 is 12.4 Å². The first kappa shape index (κ1) is 19.9. The minimum Gasteiger partial charge on any atom is -0.339 e. The molecule has 2 amide bonds. The number of aromatic amines is 1. The van der Waals surface area contributed by atoms with Crippen LogP contribution in [0.5, 0.6) is 0 Å². The predicted molar refractivity (Wildman–Crippen MR) is 103 cm³/mol. The van der Waals surface area contributed by atoms with Gasteiger partial charge in [0.2, 0.25) is 0 Å². The van der Waals surface area contributed by atoms with Crippen molar-refractivity contribution in [2.24, 2.45) is 0 Å². The number of carbonyl (C=O) groups is 2. The summed E-state index contributed by atoms with van der Waals surface area (Å²) in [5, 5.41) is 13.2. The largest absolute Gasteiger partial charge is 0.339 e. The summed E-state index contributed by atoms with van der Waals surface area (Å²) in [6, 6.07) is 7.08. The summed E-state index contributed by atoms with van der Waals surface area (Å²) < 4.78 is 0. The number of nitrogens with one attached hydrogen (secondary N) is 3. The van der Waals surface area contributed by atoms with Gasteiger partial charge in [0.05, 0.1) is 11.3 Å². The van der Waals surface area contributed by atoms with Gasteiger partial charge in [0.25, 0.3) is 11.8 Å². The molecule has 0 saturated heterocycles. The Morgan fingerprint density at radius 3 is 2.69 bits per heavy atom. The number of nitrogens with zero attached hydrogens (tertiary/aromatic N) is 2. The van der Waals surface area contributed by atoms with E-state index in [1.165, 1.54) is 0 Å². The van der Waals surface area contributed by atoms with E-state index >= 15 is 0 Å². The van der Waals surface area contributed by atoms with E-state index in [2.05, 4.69) is 20.8 Å². The van der Waals surface area contributed by atoms with E-state index in [4.69, 9.17) is 0 Å². The first-order valence-electron chi connectivity index (χ1n) is 8.62. The number of anilines is 1. The number of rotatable bonds is 5. The summed E-state index contributed by atoms with van der Waals surface area (Å²) in [6.07, 6.45) is 0.826. The molecule has 1 aromatic carbocycles. The van der Waals surface area contributed by atoms with Gasteiger partial charge in [-0.05, 0) is 26.0 Å². The Morgan fingerprint density at radius 1 is 1.23 bits per heavy atom. The molecule has 0 spiro atoms. The quantitative estimate of drug-likeness (QED) is 0.745. The Hall–Kier alpha value is -2.38. The molecule has 3 N–H and O–H groups in total. The van der Waals surface area contributed by atoms with Crippen LogP contribution in [0.15, 0.2) is 24.3 Å². The first-order valence-corrected chi connectivity index (χ1v) is 8.62. The molecule has 1 aliphatic heterocycles. The predicted octanol–water partition coefficient (Wildman–Crippen LogP) is 2.21. The molecule has 0 unspecified atom stereocenters. The van der Waals surface area contributed by atoms with Gasteiger partial charge < -0.3 is 15.5 Å². The minimum absolute atomic E-state index is 0. The third-order valence-corrected chi connectivity index (χ3v) is 4.48. The molecule has 26 heavy (non-hydrogen) atoms. The molecule has 0 bridgehead atoms. The Bertz CT molecular complexity index is 786. The lowest BCUT2D eigenvalue weighted by atomic mass is 10.1. The number of carbonyl (C=O) groups excluding carboxylic acids is 2. The van der Waals surface area contributed by atoms with E-state index < -0.39 is 0 Å². The molecule has 8 heteroatoms. The lowest BCUT2D eigenvalue weighted by molar-refractivity contribution is 0.0774. The Labute approximate surface area is 159 Å². The summed E-state index contributed by atoms with van der Waals surface area (Å²) in [7, 11) is 0. The van der Waals surface area contributed by atoms with Crippen molar-refractivity contribution < 1.29 is 9.59 Å². The van der Waals surface area contributed by atoms with Gasteiger partial charge in [-0.3, -0.25) is 14.7 Å². The van der Waals surface area contributed by atoms with Crippen molar-refractivity contribution in [2.45, 2.75) is 26.8 Å². The van der Waals surface area contributed by atoms with Crippen LogP contribution in [0.2, 0.25) is 0 Å². The average Bonchev–Trinajstić information content (AvgIpc) is 3.07. The van der Waals surface area contributed by atoms with Crippen LogP contribution in [0.4, 0.5) is 5.69 Å². The number of fused-ring (bicyclic) bond motifs is 1. The van der Waals surface area contributed by atoms with E-state index in [9.17, 15) is 9.59 Å². The molecule has 140 valence electrons. The van der Waals surface area contributed by atoms with Gasteiger partial charge in [-0.2, -0.15) is 5.10 Å². The Morgan fingerprint density at radius 2 is 1.96 bits per heavy atom. The molecule has 0 aliphatic carbocycles. The maximum atomic E-state index is 12.7. The molecule has 2 heterocycles. The fourth-order valence-corrected chi connectivity index (χ4v) is 3.05. The summed E-state index contributed by atoms with van der Waals surface area (Å²) >= 11 is 0.